The molecule has 1 aliphatic rings. The topological polar surface area (TPSA) is 90.0 Å². The molecule has 0 bridgehead atoms. The number of piperidine rings is 1. The molecule has 2 atom stereocenters. The Bertz CT molecular complexity index is 1490. The molecule has 1 fully saturated rings. The average Bonchev–Trinajstić information content (AvgIpc) is 3.39. The fraction of sp³-hybridized carbons (Fsp3) is 0.467. The number of amides is 1. The first-order valence-electron chi connectivity index (χ1n) is 14.2. The third kappa shape index (κ3) is 6.35. The molecule has 5 rings (SSSR count). The maximum atomic E-state index is 13.6. The number of carbonyl (C=O) groups excluding carboxylic acids is 1. The first-order chi connectivity index (χ1) is 19.4. The summed E-state index contributed by atoms with van der Waals surface area (Å²) in [6.07, 6.45) is 6.01. The first kappa shape index (κ1) is 28.6. The summed E-state index contributed by atoms with van der Waals surface area (Å²) in [6, 6.07) is 9.00. The number of aromatic amines is 1. The molecule has 1 amide bonds. The molecule has 0 aliphatic carbocycles. The van der Waals surface area contributed by atoms with Gasteiger partial charge >= 0.3 is 0 Å². The number of H-pyrrole nitrogens is 1. The number of likely N-dealkylation sites (tertiary alicyclic amines) is 1. The van der Waals surface area contributed by atoms with Gasteiger partial charge in [-0.2, -0.15) is 0 Å². The van der Waals surface area contributed by atoms with Crippen molar-refractivity contribution < 1.29 is 4.79 Å². The van der Waals surface area contributed by atoms with Crippen LogP contribution in [0.15, 0.2) is 36.7 Å². The lowest BCUT2D eigenvalue weighted by atomic mass is 9.92. The van der Waals surface area contributed by atoms with Crippen LogP contribution in [0, 0.1) is 5.92 Å². The van der Waals surface area contributed by atoms with Crippen molar-refractivity contribution in [3.8, 4) is 0 Å². The molecule has 40 heavy (non-hydrogen) atoms. The summed E-state index contributed by atoms with van der Waals surface area (Å²) in [4.78, 5) is 35.0. The van der Waals surface area contributed by atoms with E-state index >= 15 is 0 Å². The molecule has 2 aromatic carbocycles. The summed E-state index contributed by atoms with van der Waals surface area (Å²) >= 11 is 12.9. The molecule has 0 spiro atoms. The van der Waals surface area contributed by atoms with E-state index < -0.39 is 0 Å². The van der Waals surface area contributed by atoms with Gasteiger partial charge in [0.1, 0.15) is 18.0 Å². The summed E-state index contributed by atoms with van der Waals surface area (Å²) < 4.78 is 0. The van der Waals surface area contributed by atoms with Gasteiger partial charge in [0.15, 0.2) is 0 Å². The minimum atomic E-state index is -0.170. The van der Waals surface area contributed by atoms with Crippen LogP contribution in [0.5, 0.6) is 0 Å². The molecule has 1 aliphatic heterocycles. The molecule has 8 nitrogen and oxygen atoms in total. The van der Waals surface area contributed by atoms with Gasteiger partial charge in [0.05, 0.1) is 33.2 Å². The number of rotatable bonds is 10. The van der Waals surface area contributed by atoms with E-state index in [0.29, 0.717) is 32.9 Å². The average molecular weight is 583 g/mol. The van der Waals surface area contributed by atoms with E-state index in [9.17, 15) is 4.79 Å². The van der Waals surface area contributed by atoms with Crippen LogP contribution in [0.2, 0.25) is 10.0 Å². The molecule has 2 N–H and O–H groups in total. The highest BCUT2D eigenvalue weighted by molar-refractivity contribution is 6.35. The Kier molecular flexibility index (Phi) is 9.08. The number of nitrogens with zero attached hydrogens (tertiary/aromatic N) is 5. The third-order valence-electron chi connectivity index (χ3n) is 7.97. The van der Waals surface area contributed by atoms with Crippen LogP contribution in [0.4, 0.5) is 5.82 Å². The Morgan fingerprint density at radius 2 is 2.00 bits per heavy atom. The van der Waals surface area contributed by atoms with Gasteiger partial charge in [0, 0.05) is 23.5 Å². The molecule has 0 radical (unpaired) electrons. The lowest BCUT2D eigenvalue weighted by molar-refractivity contribution is 0.0665. The van der Waals surface area contributed by atoms with Crippen LogP contribution >= 0.6 is 23.2 Å². The normalized spacial score (nSPS) is 16.6. The molecular weight excluding hydrogens is 545 g/mol. The zero-order valence-electron chi connectivity index (χ0n) is 23.4. The van der Waals surface area contributed by atoms with Crippen molar-refractivity contribution in [3.63, 3.8) is 0 Å². The summed E-state index contributed by atoms with van der Waals surface area (Å²) in [7, 11) is 0. The van der Waals surface area contributed by atoms with Crippen LogP contribution in [0.25, 0.3) is 21.9 Å². The molecular formula is C30H37Cl2N7O. The Morgan fingerprint density at radius 3 is 2.80 bits per heavy atom. The van der Waals surface area contributed by atoms with E-state index in [1.807, 2.05) is 30.0 Å². The Balaban J connectivity index is 1.30. The third-order valence-corrected chi connectivity index (χ3v) is 8.52. The SMILES string of the molecule is CCN(CC)CCCC1CCCN(C(=O)c2cc3ncnc(NC(C)c4nc5cc(Cl)ccc5[nH]4)c3cc2Cl)C1. The predicted molar refractivity (Wildman–Crippen MR) is 163 cm³/mol. The van der Waals surface area contributed by atoms with Crippen molar-refractivity contribution in [2.24, 2.45) is 5.92 Å². The van der Waals surface area contributed by atoms with E-state index in [-0.39, 0.29) is 11.9 Å². The highest BCUT2D eigenvalue weighted by Crippen LogP contribution is 2.31. The fourth-order valence-corrected chi connectivity index (χ4v) is 6.04. The first-order valence-corrected chi connectivity index (χ1v) is 15.0. The lowest BCUT2D eigenvalue weighted by Crippen LogP contribution is -2.40. The van der Waals surface area contributed by atoms with Gasteiger partial charge in [-0.05, 0) is 88.5 Å². The van der Waals surface area contributed by atoms with Crippen molar-refractivity contribution >= 4 is 56.9 Å². The zero-order valence-corrected chi connectivity index (χ0v) is 24.9. The Labute approximate surface area is 245 Å². The molecule has 0 saturated carbocycles. The summed E-state index contributed by atoms with van der Waals surface area (Å²) in [5, 5.41) is 5.22. The number of benzene rings is 2. The van der Waals surface area contributed by atoms with Crippen LogP contribution < -0.4 is 5.32 Å². The maximum absolute atomic E-state index is 13.6. The minimum Gasteiger partial charge on any atom is -0.360 e. The van der Waals surface area contributed by atoms with E-state index in [4.69, 9.17) is 23.2 Å². The fourth-order valence-electron chi connectivity index (χ4n) is 5.63. The van der Waals surface area contributed by atoms with Crippen molar-refractivity contribution in [1.82, 2.24) is 29.7 Å². The molecule has 10 heteroatoms. The van der Waals surface area contributed by atoms with Crippen LogP contribution in [0.1, 0.15) is 68.7 Å². The van der Waals surface area contributed by atoms with Crippen molar-refractivity contribution in [3.05, 3.63) is 58.1 Å². The lowest BCUT2D eigenvalue weighted by Gasteiger charge is -2.33. The second-order valence-electron chi connectivity index (χ2n) is 10.6. The van der Waals surface area contributed by atoms with E-state index in [1.165, 1.54) is 12.7 Å². The quantitative estimate of drug-likeness (QED) is 0.210. The molecule has 2 unspecified atom stereocenters. The largest absolute Gasteiger partial charge is 0.360 e. The number of hydrogen-bond acceptors (Lipinski definition) is 6. The van der Waals surface area contributed by atoms with Crippen molar-refractivity contribution in [2.45, 2.75) is 52.5 Å². The highest BCUT2D eigenvalue weighted by Gasteiger charge is 2.26. The van der Waals surface area contributed by atoms with Crippen LogP contribution in [0.3, 0.4) is 0 Å². The molecule has 1 saturated heterocycles. The Morgan fingerprint density at radius 1 is 1.18 bits per heavy atom. The van der Waals surface area contributed by atoms with Crippen molar-refractivity contribution in [2.75, 3.05) is 38.0 Å². The number of nitrogens with one attached hydrogen (secondary N) is 2. The minimum absolute atomic E-state index is 0.0252. The maximum Gasteiger partial charge on any atom is 0.255 e. The van der Waals surface area contributed by atoms with Gasteiger partial charge in [-0.25, -0.2) is 15.0 Å². The predicted octanol–water partition coefficient (Wildman–Crippen LogP) is 6.96. The number of aromatic nitrogens is 4. The van der Waals surface area contributed by atoms with Gasteiger partial charge in [0.25, 0.3) is 5.91 Å². The van der Waals surface area contributed by atoms with Gasteiger partial charge in [0.2, 0.25) is 0 Å². The van der Waals surface area contributed by atoms with Gasteiger partial charge in [-0.1, -0.05) is 37.0 Å². The Hall–Kier alpha value is -2.94. The van der Waals surface area contributed by atoms with Crippen molar-refractivity contribution in [1.29, 1.82) is 0 Å². The summed E-state index contributed by atoms with van der Waals surface area (Å²) in [5.41, 5.74) is 2.88. The molecule has 2 aromatic heterocycles. The highest BCUT2D eigenvalue weighted by atomic mass is 35.5. The van der Waals surface area contributed by atoms with Crippen LogP contribution in [-0.2, 0) is 0 Å². The van der Waals surface area contributed by atoms with E-state index in [2.05, 4.69) is 44.0 Å². The smallest absolute Gasteiger partial charge is 0.255 e. The van der Waals surface area contributed by atoms with Gasteiger partial charge in [-0.15, -0.1) is 0 Å². The molecule has 4 aromatic rings. The standard InChI is InChI=1S/C30H37Cl2N7O/c1-4-38(5-2)12-6-8-20-9-7-13-39(17-20)30(40)22-16-26-23(15-24(22)32)29(34-18-33-26)35-19(3)28-36-25-11-10-21(31)14-27(25)37-28/h10-11,14-16,18-20H,4-9,12-13,17H2,1-3H3,(H,36,37)(H,33,34,35). The summed E-state index contributed by atoms with van der Waals surface area (Å²) in [5.74, 6) is 1.89. The van der Waals surface area contributed by atoms with Gasteiger partial charge < -0.3 is 20.1 Å². The monoisotopic (exact) mass is 581 g/mol. The van der Waals surface area contributed by atoms with Crippen LogP contribution in [-0.4, -0.2) is 68.4 Å². The van der Waals surface area contributed by atoms with E-state index in [1.54, 1.807) is 12.1 Å². The molecule has 212 valence electrons. The number of carbonyl (C=O) groups is 1. The number of anilines is 1. The number of imidazole rings is 1. The second kappa shape index (κ2) is 12.7. The summed E-state index contributed by atoms with van der Waals surface area (Å²) in [6.45, 7) is 11.2. The van der Waals surface area contributed by atoms with E-state index in [0.717, 1.165) is 74.2 Å². The zero-order chi connectivity index (χ0) is 28.2. The number of fused-ring (bicyclic) bond motifs is 2. The van der Waals surface area contributed by atoms with Gasteiger partial charge in [-0.3, -0.25) is 4.79 Å². The second-order valence-corrected chi connectivity index (χ2v) is 11.5. The number of halogens is 2. The molecule has 3 heterocycles. The number of hydrogen-bond donors (Lipinski definition) is 2.